The van der Waals surface area contributed by atoms with Crippen molar-refractivity contribution in [2.24, 2.45) is 0 Å². The summed E-state index contributed by atoms with van der Waals surface area (Å²) < 4.78 is 10.2. The maximum atomic E-state index is 11.6. The molecule has 21 heavy (non-hydrogen) atoms. The highest BCUT2D eigenvalue weighted by atomic mass is 33.1. The zero-order chi connectivity index (χ0) is 15.2. The lowest BCUT2D eigenvalue weighted by molar-refractivity contribution is 0.169. The van der Waals surface area contributed by atoms with Crippen LogP contribution in [0.3, 0.4) is 0 Å². The molecule has 0 spiro atoms. The topological polar surface area (TPSA) is 68.5 Å². The average Bonchev–Trinajstić information content (AvgIpc) is 2.43. The largest absolute Gasteiger partial charge is 0.448 e. The second-order valence-corrected chi connectivity index (χ2v) is 6.89. The summed E-state index contributed by atoms with van der Waals surface area (Å²) in [6.45, 7) is 2.18. The van der Waals surface area contributed by atoms with Gasteiger partial charge in [0.2, 0.25) is 0 Å². The third kappa shape index (κ3) is 4.44. The molecule has 0 saturated heterocycles. The molecule has 1 aromatic carbocycles. The van der Waals surface area contributed by atoms with Gasteiger partial charge in [-0.05, 0) is 30.9 Å². The van der Waals surface area contributed by atoms with Gasteiger partial charge in [-0.25, -0.2) is 9.59 Å². The zero-order valence-electron chi connectivity index (χ0n) is 11.7. The van der Waals surface area contributed by atoms with Crippen LogP contribution in [-0.2, 0) is 4.74 Å². The predicted molar refractivity (Wildman–Crippen MR) is 88.2 cm³/mol. The molecule has 0 fully saturated rings. The predicted octanol–water partition coefficient (Wildman–Crippen LogP) is 3.66. The molecule has 0 aliphatic carbocycles. The van der Waals surface area contributed by atoms with Crippen molar-refractivity contribution in [1.29, 1.82) is 0 Å². The fourth-order valence-electron chi connectivity index (χ4n) is 1.81. The minimum atomic E-state index is -0.522. The van der Waals surface area contributed by atoms with Gasteiger partial charge in [0.1, 0.15) is 12.2 Å². The van der Waals surface area contributed by atoms with E-state index in [0.717, 1.165) is 16.7 Å². The fraction of sp³-hybridized carbons (Fsp3) is 0.286. The van der Waals surface area contributed by atoms with Gasteiger partial charge in [0, 0.05) is 29.0 Å². The molecule has 7 heteroatoms. The molecule has 0 unspecified atom stereocenters. The van der Waals surface area contributed by atoms with Gasteiger partial charge in [-0.2, -0.15) is 0 Å². The Morgan fingerprint density at radius 1 is 1.38 bits per heavy atom. The first-order valence-electron chi connectivity index (χ1n) is 6.24. The first kappa shape index (κ1) is 15.8. The van der Waals surface area contributed by atoms with Crippen LogP contribution in [0.4, 0.5) is 10.5 Å². The van der Waals surface area contributed by atoms with Gasteiger partial charge < -0.3 is 9.15 Å². The smallest absolute Gasteiger partial charge is 0.411 e. The number of anilines is 1. The third-order valence-electron chi connectivity index (χ3n) is 2.72. The molecule has 1 amide bonds. The van der Waals surface area contributed by atoms with Gasteiger partial charge in [-0.3, -0.25) is 5.32 Å². The Morgan fingerprint density at radius 3 is 2.95 bits per heavy atom. The summed E-state index contributed by atoms with van der Waals surface area (Å²) in [6, 6.07) is 6.59. The van der Waals surface area contributed by atoms with Gasteiger partial charge in [0.25, 0.3) is 0 Å². The molecule has 0 bridgehead atoms. The maximum absolute atomic E-state index is 11.6. The van der Waals surface area contributed by atoms with Crippen molar-refractivity contribution in [2.45, 2.75) is 6.92 Å². The lowest BCUT2D eigenvalue weighted by Crippen LogP contribution is -2.15. The van der Waals surface area contributed by atoms with Crippen LogP contribution in [0.5, 0.6) is 0 Å². The monoisotopic (exact) mass is 325 g/mol. The van der Waals surface area contributed by atoms with Crippen molar-refractivity contribution in [3.63, 3.8) is 0 Å². The summed E-state index contributed by atoms with van der Waals surface area (Å²) in [6.07, 6.45) is 1.45. The van der Waals surface area contributed by atoms with Crippen molar-refractivity contribution in [1.82, 2.24) is 0 Å². The quantitative estimate of drug-likeness (QED) is 0.514. The third-order valence-corrected chi connectivity index (χ3v) is 4.49. The number of fused-ring (bicyclic) bond motifs is 1. The highest BCUT2D eigenvalue weighted by molar-refractivity contribution is 8.76. The summed E-state index contributed by atoms with van der Waals surface area (Å²) in [5.41, 5.74) is 1.40. The Morgan fingerprint density at radius 2 is 2.19 bits per heavy atom. The number of aryl methyl sites for hydroxylation is 1. The summed E-state index contributed by atoms with van der Waals surface area (Å²) in [7, 11) is 3.25. The van der Waals surface area contributed by atoms with E-state index in [0.29, 0.717) is 17.9 Å². The average molecular weight is 325 g/mol. The first-order valence-corrected chi connectivity index (χ1v) is 8.97. The minimum Gasteiger partial charge on any atom is -0.448 e. The van der Waals surface area contributed by atoms with Crippen molar-refractivity contribution < 1.29 is 13.9 Å². The molecule has 0 aliphatic rings. The van der Waals surface area contributed by atoms with Crippen LogP contribution < -0.4 is 10.9 Å². The van der Waals surface area contributed by atoms with E-state index >= 15 is 0 Å². The molecule has 5 nitrogen and oxygen atoms in total. The van der Waals surface area contributed by atoms with E-state index in [-0.39, 0.29) is 0 Å². The number of ether oxygens (including phenoxy) is 1. The number of rotatable bonds is 5. The van der Waals surface area contributed by atoms with E-state index in [9.17, 15) is 9.59 Å². The fourth-order valence-corrected chi connectivity index (χ4v) is 2.83. The number of nitrogens with one attached hydrogen (secondary N) is 1. The Labute approximate surface area is 129 Å². The van der Waals surface area contributed by atoms with Gasteiger partial charge in [0.15, 0.2) is 0 Å². The minimum absolute atomic E-state index is 0.346. The Balaban J connectivity index is 2.05. The van der Waals surface area contributed by atoms with E-state index in [2.05, 4.69) is 5.32 Å². The Bertz CT molecular complexity index is 699. The maximum Gasteiger partial charge on any atom is 0.411 e. The van der Waals surface area contributed by atoms with Crippen molar-refractivity contribution in [3.05, 3.63) is 40.2 Å². The van der Waals surface area contributed by atoms with E-state index in [1.54, 1.807) is 39.8 Å². The van der Waals surface area contributed by atoms with E-state index in [1.807, 2.05) is 13.2 Å². The standard InChI is InChI=1S/C14H15NO4S2/c1-9-7-13(16)19-12-8-10(3-4-11(9)12)15-14(17)18-5-6-21-20-2/h3-4,7-8H,5-6H2,1-2H3,(H,15,17). The summed E-state index contributed by atoms with van der Waals surface area (Å²) in [4.78, 5) is 23.0. The van der Waals surface area contributed by atoms with Crippen LogP contribution in [-0.4, -0.2) is 24.7 Å². The van der Waals surface area contributed by atoms with Crippen LogP contribution in [0.25, 0.3) is 11.0 Å². The molecule has 1 aromatic heterocycles. The van der Waals surface area contributed by atoms with Crippen LogP contribution in [0, 0.1) is 6.92 Å². The summed E-state index contributed by atoms with van der Waals surface area (Å²) >= 11 is 0. The van der Waals surface area contributed by atoms with E-state index in [1.165, 1.54) is 6.07 Å². The number of carbonyl (C=O) groups is 1. The van der Waals surface area contributed by atoms with Gasteiger partial charge in [-0.15, -0.1) is 0 Å². The molecule has 2 aromatic rings. The molecule has 0 aliphatic heterocycles. The van der Waals surface area contributed by atoms with E-state index in [4.69, 9.17) is 9.15 Å². The van der Waals surface area contributed by atoms with E-state index < -0.39 is 11.7 Å². The molecule has 112 valence electrons. The summed E-state index contributed by atoms with van der Waals surface area (Å²) in [5, 5.41) is 3.45. The van der Waals surface area contributed by atoms with Gasteiger partial charge >= 0.3 is 11.7 Å². The normalized spacial score (nSPS) is 10.6. The number of carbonyl (C=O) groups excluding carboxylic acids is 1. The Kier molecular flexibility index (Phi) is 5.58. The van der Waals surface area contributed by atoms with Crippen LogP contribution in [0.1, 0.15) is 5.56 Å². The molecule has 1 N–H and O–H groups in total. The lowest BCUT2D eigenvalue weighted by Gasteiger charge is -2.07. The second-order valence-electron chi connectivity index (χ2n) is 4.21. The molecule has 1 heterocycles. The van der Waals surface area contributed by atoms with Gasteiger partial charge in [0.05, 0.1) is 0 Å². The Hall–Kier alpha value is -1.60. The lowest BCUT2D eigenvalue weighted by atomic mass is 10.1. The number of benzene rings is 1. The van der Waals surface area contributed by atoms with Crippen molar-refractivity contribution in [2.75, 3.05) is 23.9 Å². The molecular formula is C14H15NO4S2. The molecule has 0 atom stereocenters. The molecule has 0 saturated carbocycles. The number of hydrogen-bond acceptors (Lipinski definition) is 6. The molecular weight excluding hydrogens is 310 g/mol. The van der Waals surface area contributed by atoms with Crippen molar-refractivity contribution >= 4 is 44.3 Å². The number of hydrogen-bond donors (Lipinski definition) is 1. The second kappa shape index (κ2) is 7.42. The first-order chi connectivity index (χ1) is 10.1. The SMILES string of the molecule is CSSCCOC(=O)Nc1ccc2c(C)cc(=O)oc2c1. The van der Waals surface area contributed by atoms with Crippen LogP contribution in [0.15, 0.2) is 33.5 Å². The highest BCUT2D eigenvalue weighted by Crippen LogP contribution is 2.21. The number of amides is 1. The van der Waals surface area contributed by atoms with Crippen molar-refractivity contribution in [3.8, 4) is 0 Å². The molecule has 2 rings (SSSR count). The van der Waals surface area contributed by atoms with Crippen LogP contribution >= 0.6 is 21.6 Å². The highest BCUT2D eigenvalue weighted by Gasteiger charge is 2.07. The van der Waals surface area contributed by atoms with Crippen LogP contribution in [0.2, 0.25) is 0 Å². The zero-order valence-corrected chi connectivity index (χ0v) is 13.3. The van der Waals surface area contributed by atoms with Gasteiger partial charge in [-0.1, -0.05) is 21.6 Å². The summed E-state index contributed by atoms with van der Waals surface area (Å²) in [5.74, 6) is 0.736. The molecule has 0 radical (unpaired) electrons.